The summed E-state index contributed by atoms with van der Waals surface area (Å²) >= 11 is 7.17. The van der Waals surface area contributed by atoms with Gasteiger partial charge in [0.1, 0.15) is 5.69 Å². The number of imidazole rings is 1. The Hall–Kier alpha value is -2.22. The van der Waals surface area contributed by atoms with Gasteiger partial charge in [0.25, 0.3) is 5.91 Å². The summed E-state index contributed by atoms with van der Waals surface area (Å²) in [5.74, 6) is 0.660. The Morgan fingerprint density at radius 1 is 1.24 bits per heavy atom. The highest BCUT2D eigenvalue weighted by molar-refractivity contribution is 7.71. The number of carbonyl (C=O) groups is 1. The van der Waals surface area contributed by atoms with Crippen LogP contribution in [0.15, 0.2) is 54.0 Å². The van der Waals surface area contributed by atoms with Gasteiger partial charge in [0, 0.05) is 23.3 Å². The fourth-order valence-corrected chi connectivity index (χ4v) is 5.00. The zero-order valence-corrected chi connectivity index (χ0v) is 18.1. The van der Waals surface area contributed by atoms with E-state index in [1.165, 1.54) is 17.7 Å². The third-order valence-electron chi connectivity index (χ3n) is 5.61. The van der Waals surface area contributed by atoms with Crippen molar-refractivity contribution in [3.63, 3.8) is 0 Å². The van der Waals surface area contributed by atoms with E-state index in [9.17, 15) is 4.79 Å². The summed E-state index contributed by atoms with van der Waals surface area (Å²) in [5, 5.41) is 5.27. The number of hydrogen-bond donors (Lipinski definition) is 2. The fourth-order valence-electron chi connectivity index (χ4n) is 3.88. The molecule has 152 valence electrons. The van der Waals surface area contributed by atoms with Crippen LogP contribution >= 0.6 is 23.6 Å². The molecule has 1 fully saturated rings. The Bertz CT molecular complexity index is 986. The summed E-state index contributed by atoms with van der Waals surface area (Å²) in [6.45, 7) is 5.05. The molecule has 29 heavy (non-hydrogen) atoms. The third kappa shape index (κ3) is 4.52. The number of rotatable bonds is 6. The minimum atomic E-state index is -0.117. The van der Waals surface area contributed by atoms with Gasteiger partial charge in [0.15, 0.2) is 4.77 Å². The van der Waals surface area contributed by atoms with Crippen LogP contribution in [-0.2, 0) is 0 Å². The van der Waals surface area contributed by atoms with Gasteiger partial charge in [-0.05, 0) is 67.6 Å². The molecule has 0 bridgehead atoms. The summed E-state index contributed by atoms with van der Waals surface area (Å²) in [6, 6.07) is 14.2. The number of nitrogens with zero attached hydrogens (tertiary/aromatic N) is 2. The Morgan fingerprint density at radius 2 is 2.00 bits per heavy atom. The summed E-state index contributed by atoms with van der Waals surface area (Å²) in [5.41, 5.74) is 1.40. The van der Waals surface area contributed by atoms with Gasteiger partial charge >= 0.3 is 0 Å². The average Bonchev–Trinajstić information content (AvgIpc) is 3.40. The largest absolute Gasteiger partial charge is 0.349 e. The summed E-state index contributed by atoms with van der Waals surface area (Å²) in [6.07, 6.45) is 4.11. The quantitative estimate of drug-likeness (QED) is 0.557. The van der Waals surface area contributed by atoms with Gasteiger partial charge in [-0.2, -0.15) is 0 Å². The summed E-state index contributed by atoms with van der Waals surface area (Å²) < 4.78 is 2.30. The van der Waals surface area contributed by atoms with E-state index in [0.717, 1.165) is 24.7 Å². The Balaban J connectivity index is 1.51. The highest BCUT2D eigenvalue weighted by atomic mass is 32.1. The molecule has 0 radical (unpaired) electrons. The first kappa shape index (κ1) is 20.1. The molecular formula is C22H26N4OS2. The fraction of sp³-hybridized carbons (Fsp3) is 0.364. The minimum Gasteiger partial charge on any atom is -0.349 e. The third-order valence-corrected chi connectivity index (χ3v) is 6.88. The first-order valence-corrected chi connectivity index (χ1v) is 11.3. The minimum absolute atomic E-state index is 0.117. The van der Waals surface area contributed by atoms with Gasteiger partial charge in [-0.15, -0.1) is 11.3 Å². The van der Waals surface area contributed by atoms with E-state index in [2.05, 4.69) is 39.6 Å². The highest BCUT2D eigenvalue weighted by Crippen LogP contribution is 2.29. The Kier molecular flexibility index (Phi) is 6.28. The van der Waals surface area contributed by atoms with Crippen LogP contribution in [0.3, 0.4) is 0 Å². The first-order chi connectivity index (χ1) is 14.1. The van der Waals surface area contributed by atoms with Crippen molar-refractivity contribution in [2.24, 2.45) is 5.92 Å². The van der Waals surface area contributed by atoms with Crippen molar-refractivity contribution in [2.75, 3.05) is 19.6 Å². The normalized spacial score (nSPS) is 16.6. The molecule has 1 atom stereocenters. The van der Waals surface area contributed by atoms with E-state index in [1.54, 1.807) is 22.1 Å². The lowest BCUT2D eigenvalue weighted by Crippen LogP contribution is -2.41. The number of para-hydroxylation sites is 1. The Morgan fingerprint density at radius 3 is 2.69 bits per heavy atom. The van der Waals surface area contributed by atoms with Gasteiger partial charge < -0.3 is 10.3 Å². The van der Waals surface area contributed by atoms with Crippen molar-refractivity contribution < 1.29 is 4.79 Å². The lowest BCUT2D eigenvalue weighted by atomic mass is 9.97. The zero-order chi connectivity index (χ0) is 20.2. The van der Waals surface area contributed by atoms with Crippen LogP contribution in [0.25, 0.3) is 5.69 Å². The number of likely N-dealkylation sites (tertiary alicyclic amines) is 1. The second kappa shape index (κ2) is 9.07. The molecule has 1 saturated heterocycles. The van der Waals surface area contributed by atoms with Gasteiger partial charge in [-0.1, -0.05) is 31.2 Å². The van der Waals surface area contributed by atoms with Crippen molar-refractivity contribution in [2.45, 2.75) is 25.8 Å². The van der Waals surface area contributed by atoms with E-state index in [4.69, 9.17) is 12.2 Å². The zero-order valence-electron chi connectivity index (χ0n) is 16.5. The van der Waals surface area contributed by atoms with Crippen molar-refractivity contribution in [1.82, 2.24) is 19.8 Å². The smallest absolute Gasteiger partial charge is 0.269 e. The molecule has 0 spiro atoms. The lowest BCUT2D eigenvalue weighted by Gasteiger charge is -2.36. The van der Waals surface area contributed by atoms with Crippen LogP contribution in [0.2, 0.25) is 0 Å². The maximum absolute atomic E-state index is 13.0. The van der Waals surface area contributed by atoms with Gasteiger partial charge in [0.05, 0.1) is 6.04 Å². The molecule has 0 aliphatic carbocycles. The number of hydrogen-bond acceptors (Lipinski definition) is 4. The molecule has 1 aromatic carbocycles. The van der Waals surface area contributed by atoms with E-state index >= 15 is 0 Å². The topological polar surface area (TPSA) is 53.1 Å². The molecule has 5 nitrogen and oxygen atoms in total. The lowest BCUT2D eigenvalue weighted by molar-refractivity contribution is 0.0908. The molecule has 1 aliphatic rings. The van der Waals surface area contributed by atoms with Crippen LogP contribution in [0.4, 0.5) is 0 Å². The van der Waals surface area contributed by atoms with Crippen molar-refractivity contribution in [3.8, 4) is 5.69 Å². The maximum Gasteiger partial charge on any atom is 0.269 e. The molecule has 2 aromatic heterocycles. The van der Waals surface area contributed by atoms with E-state index in [0.29, 0.717) is 17.0 Å². The summed E-state index contributed by atoms with van der Waals surface area (Å²) in [7, 11) is 0. The molecule has 2 N–H and O–H groups in total. The van der Waals surface area contributed by atoms with Crippen LogP contribution < -0.4 is 5.32 Å². The number of aromatic nitrogens is 2. The number of H-pyrrole nitrogens is 1. The van der Waals surface area contributed by atoms with Crippen molar-refractivity contribution >= 4 is 29.5 Å². The Labute approximate surface area is 180 Å². The predicted octanol–water partition coefficient (Wildman–Crippen LogP) is 4.80. The molecule has 0 saturated carbocycles. The molecule has 1 aliphatic heterocycles. The first-order valence-electron chi connectivity index (χ1n) is 10.0. The number of aromatic amines is 1. The summed E-state index contributed by atoms with van der Waals surface area (Å²) in [4.78, 5) is 19.9. The molecule has 4 rings (SSSR count). The van der Waals surface area contributed by atoms with Crippen LogP contribution in [0.1, 0.15) is 41.2 Å². The van der Waals surface area contributed by atoms with Gasteiger partial charge in [-0.25, -0.2) is 0 Å². The molecule has 1 unspecified atom stereocenters. The maximum atomic E-state index is 13.0. The van der Waals surface area contributed by atoms with Crippen LogP contribution in [-0.4, -0.2) is 40.0 Å². The number of thiophene rings is 1. The van der Waals surface area contributed by atoms with E-state index in [-0.39, 0.29) is 11.9 Å². The van der Waals surface area contributed by atoms with Crippen molar-refractivity contribution in [1.29, 1.82) is 0 Å². The van der Waals surface area contributed by atoms with Crippen LogP contribution in [0.5, 0.6) is 0 Å². The molecule has 7 heteroatoms. The van der Waals surface area contributed by atoms with Gasteiger partial charge in [-0.3, -0.25) is 14.3 Å². The number of carbonyl (C=O) groups excluding carboxylic acids is 1. The van der Waals surface area contributed by atoms with E-state index < -0.39 is 0 Å². The standard InChI is InChI=1S/C22H26N4OS2/c1-16-9-11-25(12-10-16)18(20-8-5-13-29-20)14-23-21(27)19-15-24-22(28)26(19)17-6-3-2-4-7-17/h2-8,13,15-16,18H,9-12,14H2,1H3,(H,23,27)(H,24,28). The van der Waals surface area contributed by atoms with E-state index in [1.807, 2.05) is 30.3 Å². The second-order valence-corrected chi connectivity index (χ2v) is 8.98. The number of piperidine rings is 1. The molecular weight excluding hydrogens is 400 g/mol. The number of benzene rings is 1. The molecule has 1 amide bonds. The number of amides is 1. The SMILES string of the molecule is CC1CCN(C(CNC(=O)c2c[nH]c(=S)n2-c2ccccc2)c2cccs2)CC1. The molecule has 3 heterocycles. The average molecular weight is 427 g/mol. The van der Waals surface area contributed by atoms with Gasteiger partial charge in [0.2, 0.25) is 0 Å². The highest BCUT2D eigenvalue weighted by Gasteiger charge is 2.26. The van der Waals surface area contributed by atoms with Crippen molar-refractivity contribution in [3.05, 3.63) is 69.4 Å². The second-order valence-electron chi connectivity index (χ2n) is 7.61. The number of nitrogens with one attached hydrogen (secondary N) is 2. The predicted molar refractivity (Wildman–Crippen MR) is 120 cm³/mol. The van der Waals surface area contributed by atoms with Crippen LogP contribution in [0, 0.1) is 10.7 Å². The monoisotopic (exact) mass is 426 g/mol. The molecule has 3 aromatic rings.